The van der Waals surface area contributed by atoms with Gasteiger partial charge in [-0.05, 0) is 19.3 Å². The molecule has 0 radical (unpaired) electrons. The third kappa shape index (κ3) is 13.4. The minimum Gasteiger partial charge on any atom is -0.388 e. The maximum Gasteiger partial charge on any atom is 0.0905 e. The second-order valence-corrected chi connectivity index (χ2v) is 4.01. The molecule has 3 nitrogen and oxygen atoms in total. The van der Waals surface area contributed by atoms with Crippen molar-refractivity contribution in [3.63, 3.8) is 0 Å². The maximum absolute atomic E-state index is 7.04. The van der Waals surface area contributed by atoms with Crippen LogP contribution >= 0.6 is 0 Å². The highest BCUT2D eigenvalue weighted by molar-refractivity contribution is 5.76. The number of rotatable bonds is 11. The van der Waals surface area contributed by atoms with Crippen LogP contribution in [0.1, 0.15) is 58.3 Å². The Morgan fingerprint density at radius 3 is 2.20 bits per heavy atom. The van der Waals surface area contributed by atoms with Gasteiger partial charge in [-0.1, -0.05) is 32.6 Å². The summed E-state index contributed by atoms with van der Waals surface area (Å²) in [6.07, 6.45) is 9.17. The van der Waals surface area contributed by atoms with E-state index in [0.29, 0.717) is 6.42 Å². The van der Waals surface area contributed by atoms with Gasteiger partial charge in [-0.25, -0.2) is 0 Å². The van der Waals surface area contributed by atoms with Crippen LogP contribution in [0.15, 0.2) is 0 Å². The molecule has 0 aliphatic heterocycles. The average molecular weight is 214 g/mol. The van der Waals surface area contributed by atoms with Crippen LogP contribution in [0, 0.1) is 5.41 Å². The molecule has 0 aliphatic carbocycles. The zero-order valence-corrected chi connectivity index (χ0v) is 10.1. The lowest BCUT2D eigenvalue weighted by atomic mass is 10.2. The summed E-state index contributed by atoms with van der Waals surface area (Å²) in [5.74, 6) is 0.287. The van der Waals surface area contributed by atoms with E-state index in [2.05, 4.69) is 6.92 Å². The van der Waals surface area contributed by atoms with E-state index < -0.39 is 0 Å². The van der Waals surface area contributed by atoms with Crippen LogP contribution in [0.2, 0.25) is 0 Å². The number of hydrogen-bond acceptors (Lipinski definition) is 2. The summed E-state index contributed by atoms with van der Waals surface area (Å²) in [4.78, 5) is 0. The number of ether oxygens (including phenoxy) is 1. The van der Waals surface area contributed by atoms with Gasteiger partial charge in [-0.2, -0.15) is 0 Å². The standard InChI is InChI=1S/C12H26N2O/c1-2-3-4-5-7-10-15-11-8-6-9-12(13)14/h2-11H2,1H3,(H3,13,14). The fourth-order valence-corrected chi connectivity index (χ4v) is 1.43. The third-order valence-corrected chi connectivity index (χ3v) is 2.38. The van der Waals surface area contributed by atoms with E-state index in [9.17, 15) is 0 Å². The van der Waals surface area contributed by atoms with E-state index in [-0.39, 0.29) is 5.84 Å². The van der Waals surface area contributed by atoms with Crippen molar-refractivity contribution in [3.05, 3.63) is 0 Å². The molecule has 0 aromatic carbocycles. The SMILES string of the molecule is CCCCCCCOCCCCC(=N)N. The van der Waals surface area contributed by atoms with Gasteiger partial charge in [0, 0.05) is 19.6 Å². The first-order valence-electron chi connectivity index (χ1n) is 6.18. The van der Waals surface area contributed by atoms with Crippen LogP contribution < -0.4 is 5.73 Å². The van der Waals surface area contributed by atoms with Crippen LogP contribution in [0.25, 0.3) is 0 Å². The van der Waals surface area contributed by atoms with Crippen molar-refractivity contribution in [2.24, 2.45) is 5.73 Å². The Morgan fingerprint density at radius 2 is 1.60 bits per heavy atom. The van der Waals surface area contributed by atoms with Gasteiger partial charge < -0.3 is 10.5 Å². The summed E-state index contributed by atoms with van der Waals surface area (Å²) >= 11 is 0. The number of nitrogens with one attached hydrogen (secondary N) is 1. The van der Waals surface area contributed by atoms with Crippen molar-refractivity contribution in [1.82, 2.24) is 0 Å². The monoisotopic (exact) mass is 214 g/mol. The maximum atomic E-state index is 7.04. The number of hydrogen-bond donors (Lipinski definition) is 2. The quantitative estimate of drug-likeness (QED) is 0.315. The Kier molecular flexibility index (Phi) is 11.1. The normalized spacial score (nSPS) is 10.5. The summed E-state index contributed by atoms with van der Waals surface area (Å²) < 4.78 is 5.48. The van der Waals surface area contributed by atoms with Gasteiger partial charge in [0.2, 0.25) is 0 Å². The zero-order valence-electron chi connectivity index (χ0n) is 10.1. The minimum absolute atomic E-state index is 0.287. The van der Waals surface area contributed by atoms with E-state index in [1.807, 2.05) is 0 Å². The minimum atomic E-state index is 0.287. The van der Waals surface area contributed by atoms with E-state index in [0.717, 1.165) is 26.1 Å². The molecule has 0 aliphatic rings. The molecule has 0 aromatic rings. The van der Waals surface area contributed by atoms with Crippen molar-refractivity contribution in [2.75, 3.05) is 13.2 Å². The summed E-state index contributed by atoms with van der Waals surface area (Å²) in [5.41, 5.74) is 5.24. The molecule has 0 bridgehead atoms. The van der Waals surface area contributed by atoms with E-state index in [4.69, 9.17) is 15.9 Å². The topological polar surface area (TPSA) is 59.1 Å². The fourth-order valence-electron chi connectivity index (χ4n) is 1.43. The first-order chi connectivity index (χ1) is 7.27. The van der Waals surface area contributed by atoms with Crippen molar-refractivity contribution in [2.45, 2.75) is 58.3 Å². The Balaban J connectivity index is 2.89. The van der Waals surface area contributed by atoms with Crippen LogP contribution in [-0.2, 0) is 4.74 Å². The Hall–Kier alpha value is -0.570. The first kappa shape index (κ1) is 14.4. The highest BCUT2D eigenvalue weighted by Crippen LogP contribution is 2.03. The van der Waals surface area contributed by atoms with Crippen LogP contribution in [0.5, 0.6) is 0 Å². The highest BCUT2D eigenvalue weighted by atomic mass is 16.5. The smallest absolute Gasteiger partial charge is 0.0905 e. The Morgan fingerprint density at radius 1 is 1.00 bits per heavy atom. The molecule has 0 fully saturated rings. The molecule has 0 saturated heterocycles. The molecule has 3 heteroatoms. The Labute approximate surface area is 93.9 Å². The molecule has 0 atom stereocenters. The molecular formula is C12H26N2O. The van der Waals surface area contributed by atoms with Crippen molar-refractivity contribution >= 4 is 5.84 Å². The van der Waals surface area contributed by atoms with Crippen molar-refractivity contribution in [3.8, 4) is 0 Å². The molecule has 15 heavy (non-hydrogen) atoms. The molecule has 0 spiro atoms. The number of unbranched alkanes of at least 4 members (excludes halogenated alkanes) is 5. The van der Waals surface area contributed by atoms with Gasteiger partial charge in [0.1, 0.15) is 0 Å². The van der Waals surface area contributed by atoms with Crippen molar-refractivity contribution in [1.29, 1.82) is 5.41 Å². The van der Waals surface area contributed by atoms with Gasteiger partial charge in [0.15, 0.2) is 0 Å². The van der Waals surface area contributed by atoms with E-state index in [1.165, 1.54) is 32.1 Å². The van der Waals surface area contributed by atoms with Crippen molar-refractivity contribution < 1.29 is 4.74 Å². The van der Waals surface area contributed by atoms with Crippen LogP contribution in [0.4, 0.5) is 0 Å². The van der Waals surface area contributed by atoms with E-state index in [1.54, 1.807) is 0 Å². The lowest BCUT2D eigenvalue weighted by Crippen LogP contribution is -2.09. The number of nitrogens with two attached hydrogens (primary N) is 1. The molecule has 0 unspecified atom stereocenters. The lowest BCUT2D eigenvalue weighted by Gasteiger charge is -2.03. The fraction of sp³-hybridized carbons (Fsp3) is 0.917. The van der Waals surface area contributed by atoms with E-state index >= 15 is 0 Å². The first-order valence-corrected chi connectivity index (χ1v) is 6.18. The number of amidine groups is 1. The van der Waals surface area contributed by atoms with Gasteiger partial charge >= 0.3 is 0 Å². The summed E-state index contributed by atoms with van der Waals surface area (Å²) in [6.45, 7) is 3.94. The van der Waals surface area contributed by atoms with Crippen LogP contribution in [-0.4, -0.2) is 19.0 Å². The van der Waals surface area contributed by atoms with Gasteiger partial charge in [0.25, 0.3) is 0 Å². The second kappa shape index (κ2) is 11.5. The molecule has 0 amide bonds. The summed E-state index contributed by atoms with van der Waals surface area (Å²) in [5, 5.41) is 7.04. The van der Waals surface area contributed by atoms with Gasteiger partial charge in [0.05, 0.1) is 5.84 Å². The van der Waals surface area contributed by atoms with Gasteiger partial charge in [-0.15, -0.1) is 0 Å². The largest absolute Gasteiger partial charge is 0.388 e. The Bertz CT molecular complexity index is 149. The molecule has 0 rings (SSSR count). The predicted octanol–water partition coefficient (Wildman–Crippen LogP) is 3.08. The lowest BCUT2D eigenvalue weighted by molar-refractivity contribution is 0.126. The molecule has 3 N–H and O–H groups in total. The molecule has 0 aromatic heterocycles. The average Bonchev–Trinajstić information content (AvgIpc) is 2.20. The zero-order chi connectivity index (χ0) is 11.4. The second-order valence-electron chi connectivity index (χ2n) is 4.01. The highest BCUT2D eigenvalue weighted by Gasteiger charge is 1.93. The third-order valence-electron chi connectivity index (χ3n) is 2.38. The van der Waals surface area contributed by atoms with Crippen LogP contribution in [0.3, 0.4) is 0 Å². The molecular weight excluding hydrogens is 188 g/mol. The van der Waals surface area contributed by atoms with Gasteiger partial charge in [-0.3, -0.25) is 5.41 Å². The molecule has 0 saturated carbocycles. The molecule has 0 heterocycles. The summed E-state index contributed by atoms with van der Waals surface area (Å²) in [7, 11) is 0. The summed E-state index contributed by atoms with van der Waals surface area (Å²) in [6, 6.07) is 0. The predicted molar refractivity (Wildman–Crippen MR) is 65.3 cm³/mol. The molecule has 90 valence electrons.